The molecule has 0 fully saturated rings. The maximum absolute atomic E-state index is 3.54. The molecule has 0 amide bonds. The van der Waals surface area contributed by atoms with Gasteiger partial charge >= 0.3 is 0 Å². The Morgan fingerprint density at radius 1 is 1.30 bits per heavy atom. The summed E-state index contributed by atoms with van der Waals surface area (Å²) in [5.74, 6) is 0. The van der Waals surface area contributed by atoms with E-state index in [0.29, 0.717) is 18.1 Å². The molecule has 3 heteroatoms. The molecule has 0 saturated carbocycles. The third kappa shape index (κ3) is 3.05. The second kappa shape index (κ2) is 6.70. The molecule has 1 aliphatic rings. The largest absolute Gasteiger partial charge is 0.312 e. The van der Waals surface area contributed by atoms with E-state index in [1.807, 2.05) is 0 Å². The molecule has 1 N–H and O–H groups in total. The smallest absolute Gasteiger partial charge is 0.0481 e. The zero-order chi connectivity index (χ0) is 14.7. The highest BCUT2D eigenvalue weighted by molar-refractivity contribution is 5.37. The molecule has 1 aliphatic carbocycles. The lowest BCUT2D eigenvalue weighted by molar-refractivity contribution is 0.110. The van der Waals surface area contributed by atoms with Crippen molar-refractivity contribution in [2.45, 2.75) is 38.4 Å². The van der Waals surface area contributed by atoms with Gasteiger partial charge < -0.3 is 10.2 Å². The van der Waals surface area contributed by atoms with Gasteiger partial charge in [0.15, 0.2) is 0 Å². The van der Waals surface area contributed by atoms with Crippen LogP contribution in [0.5, 0.6) is 0 Å². The van der Waals surface area contributed by atoms with Gasteiger partial charge in [-0.25, -0.2) is 0 Å². The molecule has 1 aromatic rings. The lowest BCUT2D eigenvalue weighted by Gasteiger charge is -2.38. The van der Waals surface area contributed by atoms with Crippen LogP contribution in [0.25, 0.3) is 0 Å². The van der Waals surface area contributed by atoms with E-state index in [2.05, 4.69) is 74.4 Å². The fourth-order valence-electron chi connectivity index (χ4n) is 3.74. The van der Waals surface area contributed by atoms with Crippen LogP contribution < -0.4 is 5.32 Å². The summed E-state index contributed by atoms with van der Waals surface area (Å²) in [5.41, 5.74) is 2.99. The standard InChI is InChI=1S/C17H29N3/c1-6-20(13(2)12-19(4)5)16-11-14-9-7-8-10-15(14)17(16)18-3/h7-10,13,16-18H,6,11-12H2,1-5H3. The average molecular weight is 275 g/mol. The van der Waals surface area contributed by atoms with E-state index in [9.17, 15) is 0 Å². The maximum atomic E-state index is 3.54. The predicted octanol–water partition coefficient (Wildman–Crippen LogP) is 2.14. The summed E-state index contributed by atoms with van der Waals surface area (Å²) in [7, 11) is 6.40. The van der Waals surface area contributed by atoms with Gasteiger partial charge in [-0.2, -0.15) is 0 Å². The van der Waals surface area contributed by atoms with Gasteiger partial charge in [-0.15, -0.1) is 0 Å². The minimum Gasteiger partial charge on any atom is -0.312 e. The van der Waals surface area contributed by atoms with E-state index in [0.717, 1.165) is 19.5 Å². The lowest BCUT2D eigenvalue weighted by Crippen LogP contribution is -2.49. The zero-order valence-corrected chi connectivity index (χ0v) is 13.6. The highest BCUT2D eigenvalue weighted by Crippen LogP contribution is 2.34. The molecule has 0 aliphatic heterocycles. The lowest BCUT2D eigenvalue weighted by atomic mass is 10.0. The molecule has 0 bridgehead atoms. The van der Waals surface area contributed by atoms with Crippen LogP contribution in [0.2, 0.25) is 0 Å². The van der Waals surface area contributed by atoms with Crippen molar-refractivity contribution < 1.29 is 0 Å². The van der Waals surface area contributed by atoms with Crippen molar-refractivity contribution >= 4 is 0 Å². The van der Waals surface area contributed by atoms with Gasteiger partial charge in [-0.05, 0) is 52.2 Å². The first-order valence-corrected chi connectivity index (χ1v) is 7.74. The van der Waals surface area contributed by atoms with E-state index in [1.54, 1.807) is 0 Å². The van der Waals surface area contributed by atoms with Crippen molar-refractivity contribution in [3.8, 4) is 0 Å². The third-order valence-electron chi connectivity index (χ3n) is 4.50. The van der Waals surface area contributed by atoms with Gasteiger partial charge in [0, 0.05) is 24.7 Å². The van der Waals surface area contributed by atoms with Crippen molar-refractivity contribution in [2.75, 3.05) is 34.2 Å². The number of benzene rings is 1. The van der Waals surface area contributed by atoms with Crippen LogP contribution in [0.3, 0.4) is 0 Å². The molecule has 20 heavy (non-hydrogen) atoms. The van der Waals surface area contributed by atoms with E-state index >= 15 is 0 Å². The molecule has 1 aromatic carbocycles. The molecule has 0 aromatic heterocycles. The Hall–Kier alpha value is -0.900. The van der Waals surface area contributed by atoms with Gasteiger partial charge in [-0.1, -0.05) is 31.2 Å². The van der Waals surface area contributed by atoms with Crippen LogP contribution in [-0.2, 0) is 6.42 Å². The molecule has 3 unspecified atom stereocenters. The molecular weight excluding hydrogens is 246 g/mol. The van der Waals surface area contributed by atoms with E-state index < -0.39 is 0 Å². The zero-order valence-electron chi connectivity index (χ0n) is 13.6. The van der Waals surface area contributed by atoms with Gasteiger partial charge in [0.2, 0.25) is 0 Å². The van der Waals surface area contributed by atoms with Crippen molar-refractivity contribution in [1.29, 1.82) is 0 Å². The Bertz CT molecular complexity index is 430. The summed E-state index contributed by atoms with van der Waals surface area (Å²) < 4.78 is 0. The van der Waals surface area contributed by atoms with Crippen molar-refractivity contribution in [3.05, 3.63) is 35.4 Å². The van der Waals surface area contributed by atoms with Crippen LogP contribution in [0.1, 0.15) is 31.0 Å². The van der Waals surface area contributed by atoms with E-state index in [1.165, 1.54) is 11.1 Å². The first-order valence-electron chi connectivity index (χ1n) is 7.74. The van der Waals surface area contributed by atoms with Gasteiger partial charge in [0.05, 0.1) is 0 Å². The summed E-state index contributed by atoms with van der Waals surface area (Å²) in [6.45, 7) is 6.84. The fourth-order valence-corrected chi connectivity index (χ4v) is 3.74. The Kier molecular flexibility index (Phi) is 5.19. The number of hydrogen-bond donors (Lipinski definition) is 1. The molecule has 3 nitrogen and oxygen atoms in total. The predicted molar refractivity (Wildman–Crippen MR) is 86.1 cm³/mol. The van der Waals surface area contributed by atoms with Crippen LogP contribution in [0.4, 0.5) is 0 Å². The number of likely N-dealkylation sites (N-methyl/N-ethyl adjacent to an activating group) is 3. The minimum atomic E-state index is 0.454. The molecule has 0 radical (unpaired) electrons. The second-order valence-electron chi connectivity index (χ2n) is 6.18. The first kappa shape index (κ1) is 15.5. The monoisotopic (exact) mass is 275 g/mol. The average Bonchev–Trinajstić information content (AvgIpc) is 2.76. The van der Waals surface area contributed by atoms with Crippen LogP contribution in [0, 0.1) is 0 Å². The fraction of sp³-hybridized carbons (Fsp3) is 0.647. The molecule has 2 rings (SSSR count). The van der Waals surface area contributed by atoms with Crippen LogP contribution >= 0.6 is 0 Å². The van der Waals surface area contributed by atoms with Crippen molar-refractivity contribution in [3.63, 3.8) is 0 Å². The minimum absolute atomic E-state index is 0.454. The van der Waals surface area contributed by atoms with Gasteiger partial charge in [0.25, 0.3) is 0 Å². The molecule has 112 valence electrons. The number of hydrogen-bond acceptors (Lipinski definition) is 3. The highest BCUT2D eigenvalue weighted by Gasteiger charge is 2.36. The Morgan fingerprint density at radius 2 is 2.00 bits per heavy atom. The Morgan fingerprint density at radius 3 is 2.60 bits per heavy atom. The number of fused-ring (bicyclic) bond motifs is 1. The van der Waals surface area contributed by atoms with Crippen molar-refractivity contribution in [2.24, 2.45) is 0 Å². The van der Waals surface area contributed by atoms with Gasteiger partial charge in [0.1, 0.15) is 0 Å². The van der Waals surface area contributed by atoms with Crippen LogP contribution in [0.15, 0.2) is 24.3 Å². The molecular formula is C17H29N3. The quantitative estimate of drug-likeness (QED) is 0.858. The Labute approximate surface area is 124 Å². The normalized spacial score (nSPS) is 23.4. The van der Waals surface area contributed by atoms with E-state index in [-0.39, 0.29) is 0 Å². The number of nitrogens with one attached hydrogen (secondary N) is 1. The third-order valence-corrected chi connectivity index (χ3v) is 4.50. The van der Waals surface area contributed by atoms with Crippen LogP contribution in [-0.4, -0.2) is 56.1 Å². The maximum Gasteiger partial charge on any atom is 0.0481 e. The summed E-state index contributed by atoms with van der Waals surface area (Å²) in [6, 6.07) is 10.5. The second-order valence-corrected chi connectivity index (χ2v) is 6.18. The summed E-state index contributed by atoms with van der Waals surface area (Å²) >= 11 is 0. The highest BCUT2D eigenvalue weighted by atomic mass is 15.2. The van der Waals surface area contributed by atoms with E-state index in [4.69, 9.17) is 0 Å². The topological polar surface area (TPSA) is 18.5 Å². The van der Waals surface area contributed by atoms with Crippen molar-refractivity contribution in [1.82, 2.24) is 15.1 Å². The molecule has 0 spiro atoms. The first-order chi connectivity index (χ1) is 9.58. The SMILES string of the molecule is CCN(C(C)CN(C)C)C1Cc2ccccc2C1NC. The molecule has 0 saturated heterocycles. The summed E-state index contributed by atoms with van der Waals surface area (Å²) in [6.07, 6.45) is 1.16. The molecule has 0 heterocycles. The van der Waals surface area contributed by atoms with Gasteiger partial charge in [-0.3, -0.25) is 4.90 Å². The summed E-state index contributed by atoms with van der Waals surface area (Å²) in [4.78, 5) is 4.94. The number of nitrogens with zero attached hydrogens (tertiary/aromatic N) is 2. The Balaban J connectivity index is 2.19. The molecule has 3 atom stereocenters. The summed E-state index contributed by atoms with van der Waals surface area (Å²) in [5, 5.41) is 3.54. The number of rotatable bonds is 6.